The number of methoxy groups -OCH3 is 1. The number of carbonyl (C=O) groups is 2. The van der Waals surface area contributed by atoms with Gasteiger partial charge in [-0.2, -0.15) is 0 Å². The zero-order valence-electron chi connectivity index (χ0n) is 18.6. The van der Waals surface area contributed by atoms with E-state index in [2.05, 4.69) is 23.9 Å². The minimum absolute atomic E-state index is 0.0582. The Kier molecular flexibility index (Phi) is 6.90. The summed E-state index contributed by atoms with van der Waals surface area (Å²) in [6.07, 6.45) is 6.97. The molecular formula is C23H32N4O3. The van der Waals surface area contributed by atoms with Crippen LogP contribution in [0.25, 0.3) is 11.4 Å². The van der Waals surface area contributed by atoms with E-state index < -0.39 is 0 Å². The quantitative estimate of drug-likeness (QED) is 0.645. The van der Waals surface area contributed by atoms with Gasteiger partial charge in [-0.05, 0) is 57.2 Å². The molecule has 7 nitrogen and oxygen atoms in total. The summed E-state index contributed by atoms with van der Waals surface area (Å²) in [5, 5.41) is 4.48. The third-order valence-corrected chi connectivity index (χ3v) is 6.07. The highest BCUT2D eigenvalue weighted by molar-refractivity contribution is 5.95. The molecule has 0 saturated carbocycles. The van der Waals surface area contributed by atoms with Gasteiger partial charge in [-0.15, -0.1) is 5.10 Å². The van der Waals surface area contributed by atoms with Gasteiger partial charge in [-0.1, -0.05) is 13.8 Å². The Labute approximate surface area is 178 Å². The standard InChI is InChI=1S/C23H32N4O3/c1-6-16(7-2)20(28)17-10-9-11-26(13-17)23(29)18-12-15(4)22-24-21(19(8-3)30-5)25-27(22)14-18/h8,12,14,16-17H,6-7,9-11,13H2,1-5H3/b19-8-. The van der Waals surface area contributed by atoms with Gasteiger partial charge in [0.25, 0.3) is 5.91 Å². The van der Waals surface area contributed by atoms with Gasteiger partial charge >= 0.3 is 0 Å². The van der Waals surface area contributed by atoms with E-state index in [0.717, 1.165) is 31.2 Å². The van der Waals surface area contributed by atoms with Crippen molar-refractivity contribution < 1.29 is 14.3 Å². The van der Waals surface area contributed by atoms with Crippen LogP contribution in [0.2, 0.25) is 0 Å². The number of aromatic nitrogens is 3. The van der Waals surface area contributed by atoms with Crippen LogP contribution in [0.5, 0.6) is 0 Å². The van der Waals surface area contributed by atoms with E-state index in [9.17, 15) is 9.59 Å². The van der Waals surface area contributed by atoms with E-state index >= 15 is 0 Å². The topological polar surface area (TPSA) is 76.8 Å². The van der Waals surface area contributed by atoms with Gasteiger partial charge in [0.2, 0.25) is 5.82 Å². The minimum Gasteiger partial charge on any atom is -0.493 e. The number of amides is 1. The molecule has 1 amide bonds. The molecule has 0 spiro atoms. The first-order valence-corrected chi connectivity index (χ1v) is 10.8. The summed E-state index contributed by atoms with van der Waals surface area (Å²) in [5.74, 6) is 1.36. The van der Waals surface area contributed by atoms with Gasteiger partial charge in [0, 0.05) is 31.1 Å². The van der Waals surface area contributed by atoms with Crippen molar-refractivity contribution in [2.75, 3.05) is 20.2 Å². The zero-order valence-corrected chi connectivity index (χ0v) is 18.6. The molecule has 1 atom stereocenters. The number of rotatable bonds is 7. The molecule has 162 valence electrons. The fourth-order valence-electron chi connectivity index (χ4n) is 4.31. The number of Topliss-reactive ketones (excluding diaryl/α,β-unsaturated/α-hetero) is 1. The van der Waals surface area contributed by atoms with Crippen LogP contribution in [-0.2, 0) is 9.53 Å². The van der Waals surface area contributed by atoms with E-state index in [1.807, 2.05) is 24.8 Å². The van der Waals surface area contributed by atoms with E-state index in [1.165, 1.54) is 0 Å². The van der Waals surface area contributed by atoms with Gasteiger partial charge < -0.3 is 9.64 Å². The lowest BCUT2D eigenvalue weighted by Crippen LogP contribution is -2.43. The van der Waals surface area contributed by atoms with E-state index in [0.29, 0.717) is 41.7 Å². The van der Waals surface area contributed by atoms with Crippen molar-refractivity contribution in [1.29, 1.82) is 0 Å². The molecule has 0 bridgehead atoms. The van der Waals surface area contributed by atoms with Crippen molar-refractivity contribution >= 4 is 23.1 Å². The zero-order chi connectivity index (χ0) is 21.8. The first-order chi connectivity index (χ1) is 14.4. The SMILES string of the molecule is C/C=C(\OC)c1nc2c(C)cc(C(=O)N3CCCC(C(=O)C(CC)CC)C3)cn2n1. The van der Waals surface area contributed by atoms with Gasteiger partial charge in [-0.25, -0.2) is 9.50 Å². The molecule has 1 unspecified atom stereocenters. The highest BCUT2D eigenvalue weighted by atomic mass is 16.5. The molecular weight excluding hydrogens is 380 g/mol. The summed E-state index contributed by atoms with van der Waals surface area (Å²) < 4.78 is 6.95. The predicted octanol–water partition coefficient (Wildman–Crippen LogP) is 3.90. The van der Waals surface area contributed by atoms with E-state index in [4.69, 9.17) is 4.74 Å². The lowest BCUT2D eigenvalue weighted by molar-refractivity contribution is -0.128. The maximum Gasteiger partial charge on any atom is 0.255 e. The number of likely N-dealkylation sites (tertiary alicyclic amines) is 1. The van der Waals surface area contributed by atoms with Crippen molar-refractivity contribution in [3.8, 4) is 0 Å². The van der Waals surface area contributed by atoms with Crippen LogP contribution in [0.4, 0.5) is 0 Å². The summed E-state index contributed by atoms with van der Waals surface area (Å²) in [6.45, 7) is 9.08. The first kappa shape index (κ1) is 22.0. The molecule has 0 N–H and O–H groups in total. The third-order valence-electron chi connectivity index (χ3n) is 6.07. The molecule has 1 aliphatic rings. The molecule has 2 aromatic heterocycles. The average Bonchev–Trinajstić information content (AvgIpc) is 3.19. The second-order valence-corrected chi connectivity index (χ2v) is 7.98. The summed E-state index contributed by atoms with van der Waals surface area (Å²) in [5.41, 5.74) is 2.12. The van der Waals surface area contributed by atoms with Crippen LogP contribution in [0.1, 0.15) is 68.2 Å². The molecule has 0 aromatic carbocycles. The molecule has 1 fully saturated rings. The number of nitrogens with zero attached hydrogens (tertiary/aromatic N) is 4. The van der Waals surface area contributed by atoms with Crippen molar-refractivity contribution in [3.05, 3.63) is 35.3 Å². The van der Waals surface area contributed by atoms with Crippen LogP contribution < -0.4 is 0 Å². The number of ketones is 1. The largest absolute Gasteiger partial charge is 0.493 e. The molecule has 30 heavy (non-hydrogen) atoms. The van der Waals surface area contributed by atoms with Crippen LogP contribution in [0, 0.1) is 18.8 Å². The Balaban J connectivity index is 1.84. The number of ether oxygens (including phenoxy) is 1. The Morgan fingerprint density at radius 1 is 1.33 bits per heavy atom. The molecule has 0 aliphatic carbocycles. The lowest BCUT2D eigenvalue weighted by Gasteiger charge is -2.33. The smallest absolute Gasteiger partial charge is 0.255 e. The van der Waals surface area contributed by atoms with Crippen LogP contribution in [0.15, 0.2) is 18.3 Å². The fourth-order valence-corrected chi connectivity index (χ4v) is 4.31. The van der Waals surface area contributed by atoms with Crippen LogP contribution >= 0.6 is 0 Å². The number of piperidine rings is 1. The Morgan fingerprint density at radius 3 is 2.70 bits per heavy atom. The number of allylic oxidation sites excluding steroid dienone is 1. The molecule has 2 aromatic rings. The number of fused-ring (bicyclic) bond motifs is 1. The third kappa shape index (κ3) is 4.25. The van der Waals surface area contributed by atoms with Crippen LogP contribution in [0.3, 0.4) is 0 Å². The Hall–Kier alpha value is -2.70. The number of aryl methyl sites for hydroxylation is 1. The molecule has 1 saturated heterocycles. The Bertz CT molecular complexity index is 959. The number of hydrogen-bond donors (Lipinski definition) is 0. The number of pyridine rings is 1. The second-order valence-electron chi connectivity index (χ2n) is 7.98. The summed E-state index contributed by atoms with van der Waals surface area (Å²) in [4.78, 5) is 32.4. The van der Waals surface area contributed by atoms with Crippen molar-refractivity contribution in [3.63, 3.8) is 0 Å². The highest BCUT2D eigenvalue weighted by Gasteiger charge is 2.31. The summed E-state index contributed by atoms with van der Waals surface area (Å²) in [7, 11) is 1.58. The molecule has 1 aliphatic heterocycles. The van der Waals surface area contributed by atoms with Gasteiger partial charge in [0.05, 0.1) is 12.7 Å². The normalized spacial score (nSPS) is 17.6. The van der Waals surface area contributed by atoms with E-state index in [-0.39, 0.29) is 17.7 Å². The molecule has 0 radical (unpaired) electrons. The first-order valence-electron chi connectivity index (χ1n) is 10.8. The van der Waals surface area contributed by atoms with Gasteiger partial charge in [-0.3, -0.25) is 9.59 Å². The fraction of sp³-hybridized carbons (Fsp3) is 0.565. The Morgan fingerprint density at radius 2 is 2.07 bits per heavy atom. The van der Waals surface area contributed by atoms with Crippen molar-refractivity contribution in [1.82, 2.24) is 19.5 Å². The predicted molar refractivity (Wildman–Crippen MR) is 116 cm³/mol. The highest BCUT2D eigenvalue weighted by Crippen LogP contribution is 2.25. The van der Waals surface area contributed by atoms with Crippen LogP contribution in [-0.4, -0.2) is 51.4 Å². The minimum atomic E-state index is -0.0608. The van der Waals surface area contributed by atoms with Gasteiger partial charge in [0.15, 0.2) is 11.4 Å². The summed E-state index contributed by atoms with van der Waals surface area (Å²) >= 11 is 0. The summed E-state index contributed by atoms with van der Waals surface area (Å²) in [6, 6.07) is 1.85. The molecule has 3 heterocycles. The maximum atomic E-state index is 13.2. The van der Waals surface area contributed by atoms with Gasteiger partial charge in [0.1, 0.15) is 5.78 Å². The second kappa shape index (κ2) is 9.41. The molecule has 3 rings (SSSR count). The maximum absolute atomic E-state index is 13.2. The molecule has 7 heteroatoms. The lowest BCUT2D eigenvalue weighted by atomic mass is 9.84. The van der Waals surface area contributed by atoms with Crippen molar-refractivity contribution in [2.24, 2.45) is 11.8 Å². The van der Waals surface area contributed by atoms with Crippen molar-refractivity contribution in [2.45, 2.75) is 53.4 Å². The monoisotopic (exact) mass is 412 g/mol. The van der Waals surface area contributed by atoms with E-state index in [1.54, 1.807) is 23.9 Å². The average molecular weight is 413 g/mol. The number of carbonyl (C=O) groups excluding carboxylic acids is 2. The number of hydrogen-bond acceptors (Lipinski definition) is 5.